The third kappa shape index (κ3) is 2.50. The number of aryl methyl sites for hydroxylation is 1. The molecule has 2 aliphatic heterocycles. The first-order valence-electron chi connectivity index (χ1n) is 6.74. The van der Waals surface area contributed by atoms with E-state index in [4.69, 9.17) is 9.47 Å². The summed E-state index contributed by atoms with van der Waals surface area (Å²) in [5.41, 5.74) is -0.223. The van der Waals surface area contributed by atoms with Gasteiger partial charge in [-0.3, -0.25) is 9.48 Å². The highest BCUT2D eigenvalue weighted by atomic mass is 16.5. The maximum absolute atomic E-state index is 12.4. The summed E-state index contributed by atoms with van der Waals surface area (Å²) in [7, 11) is 0. The monoisotopic (exact) mass is 265 g/mol. The lowest BCUT2D eigenvalue weighted by Crippen LogP contribution is -2.59. The zero-order valence-electron chi connectivity index (χ0n) is 11.0. The van der Waals surface area contributed by atoms with Gasteiger partial charge in [-0.2, -0.15) is 5.10 Å². The summed E-state index contributed by atoms with van der Waals surface area (Å²) in [5, 5.41) is 4.12. The Bertz CT molecular complexity index is 426. The summed E-state index contributed by atoms with van der Waals surface area (Å²) < 4.78 is 12.8. The molecular weight excluding hydrogens is 246 g/mol. The van der Waals surface area contributed by atoms with Crippen molar-refractivity contribution in [3.63, 3.8) is 0 Å². The van der Waals surface area contributed by atoms with Crippen LogP contribution in [-0.4, -0.2) is 59.1 Å². The molecule has 1 spiro atoms. The van der Waals surface area contributed by atoms with Crippen molar-refractivity contribution in [3.8, 4) is 0 Å². The molecule has 1 atom stereocenters. The SMILES string of the molecule is O=C(CCn1cccn1)N1CCOCC12CCOC2. The average molecular weight is 265 g/mol. The van der Waals surface area contributed by atoms with Gasteiger partial charge in [-0.1, -0.05) is 0 Å². The van der Waals surface area contributed by atoms with Gasteiger partial charge in [0.05, 0.1) is 25.4 Å². The molecule has 0 saturated carbocycles. The Labute approximate surface area is 112 Å². The fourth-order valence-electron chi connectivity index (χ4n) is 2.82. The Kier molecular flexibility index (Phi) is 3.52. The first-order valence-corrected chi connectivity index (χ1v) is 6.74. The lowest BCUT2D eigenvalue weighted by molar-refractivity contribution is -0.149. The molecule has 0 N–H and O–H groups in total. The fourth-order valence-corrected chi connectivity index (χ4v) is 2.82. The molecule has 2 aliphatic rings. The van der Waals surface area contributed by atoms with E-state index in [9.17, 15) is 4.79 Å². The number of nitrogens with zero attached hydrogens (tertiary/aromatic N) is 3. The minimum atomic E-state index is -0.223. The number of hydrogen-bond donors (Lipinski definition) is 0. The molecule has 0 bridgehead atoms. The second-order valence-electron chi connectivity index (χ2n) is 5.14. The topological polar surface area (TPSA) is 56.6 Å². The van der Waals surface area contributed by atoms with Crippen molar-refractivity contribution in [2.45, 2.75) is 24.9 Å². The maximum atomic E-state index is 12.4. The van der Waals surface area contributed by atoms with Crippen LogP contribution in [0.3, 0.4) is 0 Å². The molecule has 3 rings (SSSR count). The Balaban J connectivity index is 1.63. The summed E-state index contributed by atoms with van der Waals surface area (Å²) in [4.78, 5) is 14.4. The second-order valence-corrected chi connectivity index (χ2v) is 5.14. The minimum absolute atomic E-state index is 0.171. The number of carbonyl (C=O) groups is 1. The van der Waals surface area contributed by atoms with E-state index < -0.39 is 0 Å². The van der Waals surface area contributed by atoms with Gasteiger partial charge in [-0.05, 0) is 12.5 Å². The smallest absolute Gasteiger partial charge is 0.225 e. The van der Waals surface area contributed by atoms with E-state index in [0.717, 1.165) is 6.42 Å². The van der Waals surface area contributed by atoms with Gasteiger partial charge in [0, 0.05) is 38.5 Å². The summed E-state index contributed by atoms with van der Waals surface area (Å²) >= 11 is 0. The summed E-state index contributed by atoms with van der Waals surface area (Å²) in [5.74, 6) is 0.171. The number of ether oxygens (including phenoxy) is 2. The Morgan fingerprint density at radius 2 is 2.16 bits per heavy atom. The van der Waals surface area contributed by atoms with Gasteiger partial charge in [0.15, 0.2) is 0 Å². The largest absolute Gasteiger partial charge is 0.379 e. The van der Waals surface area contributed by atoms with Crippen LogP contribution in [0, 0.1) is 0 Å². The second kappa shape index (κ2) is 5.30. The molecular formula is C13H19N3O3. The predicted molar refractivity (Wildman–Crippen MR) is 67.5 cm³/mol. The van der Waals surface area contributed by atoms with Gasteiger partial charge in [-0.25, -0.2) is 0 Å². The third-order valence-electron chi connectivity index (χ3n) is 3.90. The average Bonchev–Trinajstić information content (AvgIpc) is 3.09. The van der Waals surface area contributed by atoms with Crippen molar-refractivity contribution in [3.05, 3.63) is 18.5 Å². The van der Waals surface area contributed by atoms with Gasteiger partial charge in [0.25, 0.3) is 0 Å². The van der Waals surface area contributed by atoms with Crippen molar-refractivity contribution >= 4 is 5.91 Å². The van der Waals surface area contributed by atoms with E-state index in [0.29, 0.717) is 45.9 Å². The van der Waals surface area contributed by atoms with Gasteiger partial charge in [0.2, 0.25) is 5.91 Å². The molecule has 6 heteroatoms. The number of amides is 1. The van der Waals surface area contributed by atoms with E-state index in [1.807, 2.05) is 17.2 Å². The molecule has 0 aromatic carbocycles. The molecule has 1 aromatic heterocycles. The first-order chi connectivity index (χ1) is 9.30. The highest BCUT2D eigenvalue weighted by molar-refractivity contribution is 5.77. The van der Waals surface area contributed by atoms with Crippen LogP contribution >= 0.6 is 0 Å². The molecule has 0 aliphatic carbocycles. The number of hydrogen-bond acceptors (Lipinski definition) is 4. The molecule has 1 amide bonds. The van der Waals surface area contributed by atoms with Crippen molar-refractivity contribution in [1.82, 2.24) is 14.7 Å². The van der Waals surface area contributed by atoms with Crippen molar-refractivity contribution in [1.29, 1.82) is 0 Å². The maximum Gasteiger partial charge on any atom is 0.225 e. The van der Waals surface area contributed by atoms with Crippen LogP contribution in [0.4, 0.5) is 0 Å². The predicted octanol–water partition coefficient (Wildman–Crippen LogP) is 0.291. The van der Waals surface area contributed by atoms with Crippen LogP contribution in [0.25, 0.3) is 0 Å². The number of morpholine rings is 1. The highest BCUT2D eigenvalue weighted by Gasteiger charge is 2.45. The van der Waals surface area contributed by atoms with E-state index in [-0.39, 0.29) is 11.4 Å². The quantitative estimate of drug-likeness (QED) is 0.788. The van der Waals surface area contributed by atoms with Gasteiger partial charge >= 0.3 is 0 Å². The van der Waals surface area contributed by atoms with Crippen LogP contribution in [0.1, 0.15) is 12.8 Å². The zero-order chi connectivity index (χ0) is 13.1. The van der Waals surface area contributed by atoms with E-state index in [2.05, 4.69) is 5.10 Å². The lowest BCUT2D eigenvalue weighted by Gasteiger charge is -2.43. The normalized spacial score (nSPS) is 27.1. The van der Waals surface area contributed by atoms with Crippen LogP contribution in [0.5, 0.6) is 0 Å². The fraction of sp³-hybridized carbons (Fsp3) is 0.692. The Morgan fingerprint density at radius 3 is 2.89 bits per heavy atom. The summed E-state index contributed by atoms with van der Waals surface area (Å²) in [6.07, 6.45) is 4.95. The molecule has 2 fully saturated rings. The molecule has 2 saturated heterocycles. The standard InChI is InChI=1S/C13H19N3O3/c17-12(2-6-15-5-1-4-14-15)16-7-9-19-11-13(16)3-8-18-10-13/h1,4-5H,2-3,6-11H2. The number of rotatable bonds is 3. The molecule has 6 nitrogen and oxygen atoms in total. The van der Waals surface area contributed by atoms with E-state index in [1.165, 1.54) is 0 Å². The zero-order valence-corrected chi connectivity index (χ0v) is 11.0. The number of aromatic nitrogens is 2. The molecule has 19 heavy (non-hydrogen) atoms. The van der Waals surface area contributed by atoms with Gasteiger partial charge in [-0.15, -0.1) is 0 Å². The molecule has 104 valence electrons. The molecule has 1 unspecified atom stereocenters. The minimum Gasteiger partial charge on any atom is -0.379 e. The first kappa shape index (κ1) is 12.6. The third-order valence-corrected chi connectivity index (χ3v) is 3.90. The van der Waals surface area contributed by atoms with E-state index in [1.54, 1.807) is 10.9 Å². The summed E-state index contributed by atoms with van der Waals surface area (Å²) in [6, 6.07) is 1.87. The Morgan fingerprint density at radius 1 is 1.32 bits per heavy atom. The molecule has 3 heterocycles. The van der Waals surface area contributed by atoms with Crippen LogP contribution in [0.2, 0.25) is 0 Å². The van der Waals surface area contributed by atoms with Crippen LogP contribution in [0.15, 0.2) is 18.5 Å². The molecule has 1 aromatic rings. The van der Waals surface area contributed by atoms with E-state index >= 15 is 0 Å². The highest BCUT2D eigenvalue weighted by Crippen LogP contribution is 2.29. The van der Waals surface area contributed by atoms with Crippen molar-refractivity contribution < 1.29 is 14.3 Å². The van der Waals surface area contributed by atoms with Crippen LogP contribution < -0.4 is 0 Å². The summed E-state index contributed by atoms with van der Waals surface area (Å²) in [6.45, 7) is 3.82. The Hall–Kier alpha value is -1.40. The van der Waals surface area contributed by atoms with Crippen molar-refractivity contribution in [2.75, 3.05) is 33.0 Å². The van der Waals surface area contributed by atoms with Gasteiger partial charge < -0.3 is 14.4 Å². The van der Waals surface area contributed by atoms with Gasteiger partial charge in [0.1, 0.15) is 0 Å². The van der Waals surface area contributed by atoms with Crippen molar-refractivity contribution in [2.24, 2.45) is 0 Å². The lowest BCUT2D eigenvalue weighted by atomic mass is 9.95. The molecule has 0 radical (unpaired) electrons. The van der Waals surface area contributed by atoms with Crippen LogP contribution in [-0.2, 0) is 20.8 Å². The number of carbonyl (C=O) groups excluding carboxylic acids is 1.